The summed E-state index contributed by atoms with van der Waals surface area (Å²) in [6, 6.07) is 9.19. The summed E-state index contributed by atoms with van der Waals surface area (Å²) >= 11 is 1.68. The van der Waals surface area contributed by atoms with Gasteiger partial charge in [-0.15, -0.1) is 11.3 Å². The van der Waals surface area contributed by atoms with Crippen molar-refractivity contribution in [3.63, 3.8) is 0 Å². The molecule has 1 N–H and O–H groups in total. The Bertz CT molecular complexity index is 618. The van der Waals surface area contributed by atoms with Crippen LogP contribution >= 0.6 is 11.3 Å². The predicted octanol–water partition coefficient (Wildman–Crippen LogP) is 3.22. The molecule has 2 bridgehead atoms. The fourth-order valence-corrected chi connectivity index (χ4v) is 4.42. The molecule has 2 aliphatic rings. The fraction of sp³-hybridized carbons (Fsp3) is 0.400. The summed E-state index contributed by atoms with van der Waals surface area (Å²) in [5, 5.41) is 6.82. The number of ketones is 1. The molecule has 2 aromatic rings. The lowest BCUT2D eigenvalue weighted by atomic mass is 9.83. The number of carbonyl (C=O) groups excluding carboxylic acids is 1. The first-order valence-corrected chi connectivity index (χ1v) is 7.47. The maximum absolute atomic E-state index is 12.7. The average Bonchev–Trinajstić information content (AvgIpc) is 3.12. The van der Waals surface area contributed by atoms with Crippen molar-refractivity contribution in [2.75, 3.05) is 0 Å². The Kier molecular flexibility index (Phi) is 2.32. The summed E-state index contributed by atoms with van der Waals surface area (Å²) < 4.78 is 1.16. The van der Waals surface area contributed by atoms with E-state index >= 15 is 0 Å². The van der Waals surface area contributed by atoms with E-state index in [2.05, 4.69) is 22.8 Å². The summed E-state index contributed by atoms with van der Waals surface area (Å²) in [5.41, 5.74) is 0.932. The van der Waals surface area contributed by atoms with Crippen LogP contribution in [0.3, 0.4) is 0 Å². The summed E-state index contributed by atoms with van der Waals surface area (Å²) in [6.07, 6.45) is 3.45. The van der Waals surface area contributed by atoms with Crippen LogP contribution in [0.1, 0.15) is 29.6 Å². The van der Waals surface area contributed by atoms with Crippen LogP contribution in [0, 0.1) is 5.92 Å². The SMILES string of the molecule is O=C(c1cccc2ccsc12)C1CC2CCC1N2. The highest BCUT2D eigenvalue weighted by Gasteiger charge is 2.43. The van der Waals surface area contributed by atoms with Crippen molar-refractivity contribution in [2.45, 2.75) is 31.3 Å². The molecule has 0 aliphatic carbocycles. The molecule has 3 heterocycles. The lowest BCUT2D eigenvalue weighted by Gasteiger charge is -2.19. The highest BCUT2D eigenvalue weighted by atomic mass is 32.1. The number of fused-ring (bicyclic) bond motifs is 3. The fourth-order valence-electron chi connectivity index (χ4n) is 3.50. The van der Waals surface area contributed by atoms with Gasteiger partial charge in [-0.05, 0) is 42.2 Å². The number of hydrogen-bond donors (Lipinski definition) is 1. The topological polar surface area (TPSA) is 29.1 Å². The highest BCUT2D eigenvalue weighted by Crippen LogP contribution is 2.37. The van der Waals surface area contributed by atoms with Gasteiger partial charge in [0.2, 0.25) is 0 Å². The molecule has 92 valence electrons. The van der Waals surface area contributed by atoms with Gasteiger partial charge in [-0.3, -0.25) is 4.79 Å². The van der Waals surface area contributed by atoms with Crippen molar-refractivity contribution in [1.82, 2.24) is 5.32 Å². The molecule has 0 saturated carbocycles. The second-order valence-corrected chi connectivity index (χ2v) is 6.31. The second kappa shape index (κ2) is 3.90. The Morgan fingerprint density at radius 3 is 3.00 bits per heavy atom. The van der Waals surface area contributed by atoms with Gasteiger partial charge >= 0.3 is 0 Å². The molecule has 1 aromatic heterocycles. The molecule has 3 atom stereocenters. The predicted molar refractivity (Wildman–Crippen MR) is 74.2 cm³/mol. The minimum absolute atomic E-state index is 0.205. The van der Waals surface area contributed by atoms with E-state index in [1.165, 1.54) is 18.2 Å². The van der Waals surface area contributed by atoms with Crippen molar-refractivity contribution in [3.8, 4) is 0 Å². The Morgan fingerprint density at radius 2 is 2.22 bits per heavy atom. The van der Waals surface area contributed by atoms with Crippen LogP contribution in [0.2, 0.25) is 0 Å². The van der Waals surface area contributed by atoms with E-state index in [1.54, 1.807) is 11.3 Å². The zero-order valence-corrected chi connectivity index (χ0v) is 10.9. The first-order chi connectivity index (χ1) is 8.83. The van der Waals surface area contributed by atoms with Gasteiger partial charge in [-0.1, -0.05) is 12.1 Å². The van der Waals surface area contributed by atoms with Gasteiger partial charge in [-0.2, -0.15) is 0 Å². The summed E-state index contributed by atoms with van der Waals surface area (Å²) in [6.45, 7) is 0. The van der Waals surface area contributed by atoms with Crippen molar-refractivity contribution >= 4 is 27.2 Å². The van der Waals surface area contributed by atoms with Gasteiger partial charge in [0.1, 0.15) is 0 Å². The van der Waals surface area contributed by atoms with E-state index in [9.17, 15) is 4.79 Å². The van der Waals surface area contributed by atoms with E-state index in [4.69, 9.17) is 0 Å². The molecule has 18 heavy (non-hydrogen) atoms. The van der Waals surface area contributed by atoms with E-state index in [1.807, 2.05) is 12.1 Å². The standard InChI is InChI=1S/C15H15NOS/c17-14(12-8-10-4-5-13(12)16-10)11-3-1-2-9-6-7-18-15(9)11/h1-3,6-7,10,12-13,16H,4-5,8H2. The number of thiophene rings is 1. The van der Waals surface area contributed by atoms with Gasteiger partial charge in [0, 0.05) is 28.3 Å². The zero-order valence-electron chi connectivity index (χ0n) is 10.1. The summed E-state index contributed by atoms with van der Waals surface area (Å²) in [7, 11) is 0. The average molecular weight is 257 g/mol. The van der Waals surface area contributed by atoms with Crippen LogP contribution in [0.25, 0.3) is 10.1 Å². The van der Waals surface area contributed by atoms with E-state index in [0.717, 1.165) is 16.7 Å². The third-order valence-corrected chi connectivity index (χ3v) is 5.34. The molecule has 1 aromatic carbocycles. The molecule has 3 heteroatoms. The van der Waals surface area contributed by atoms with E-state index < -0.39 is 0 Å². The molecule has 0 amide bonds. The Morgan fingerprint density at radius 1 is 1.28 bits per heavy atom. The first-order valence-electron chi connectivity index (χ1n) is 6.59. The minimum Gasteiger partial charge on any atom is -0.310 e. The quantitative estimate of drug-likeness (QED) is 0.837. The van der Waals surface area contributed by atoms with Crippen molar-refractivity contribution in [1.29, 1.82) is 0 Å². The molecule has 2 aliphatic heterocycles. The Hall–Kier alpha value is -1.19. The molecule has 2 nitrogen and oxygen atoms in total. The van der Waals surface area contributed by atoms with Gasteiger partial charge in [0.15, 0.2) is 5.78 Å². The van der Waals surface area contributed by atoms with Crippen LogP contribution in [0.15, 0.2) is 29.6 Å². The molecule has 3 unspecified atom stereocenters. The molecular weight excluding hydrogens is 242 g/mol. The van der Waals surface area contributed by atoms with Crippen LogP contribution in [-0.4, -0.2) is 17.9 Å². The number of Topliss-reactive ketones (excluding diaryl/α,β-unsaturated/α-hetero) is 1. The van der Waals surface area contributed by atoms with Crippen molar-refractivity contribution in [2.24, 2.45) is 5.92 Å². The minimum atomic E-state index is 0.205. The third-order valence-electron chi connectivity index (χ3n) is 4.38. The highest BCUT2D eigenvalue weighted by molar-refractivity contribution is 7.17. The summed E-state index contributed by atoms with van der Waals surface area (Å²) in [4.78, 5) is 12.7. The van der Waals surface area contributed by atoms with Crippen LogP contribution in [-0.2, 0) is 0 Å². The molecule has 2 fully saturated rings. The molecule has 0 spiro atoms. The van der Waals surface area contributed by atoms with E-state index in [0.29, 0.717) is 17.9 Å². The smallest absolute Gasteiger partial charge is 0.168 e. The van der Waals surface area contributed by atoms with Gasteiger partial charge in [0.05, 0.1) is 0 Å². The second-order valence-electron chi connectivity index (χ2n) is 5.40. The monoisotopic (exact) mass is 257 g/mol. The van der Waals surface area contributed by atoms with Gasteiger partial charge in [0.25, 0.3) is 0 Å². The first kappa shape index (κ1) is 10.7. The number of benzene rings is 1. The zero-order chi connectivity index (χ0) is 12.1. The Balaban J connectivity index is 1.74. The van der Waals surface area contributed by atoms with Crippen LogP contribution in [0.5, 0.6) is 0 Å². The normalized spacial score (nSPS) is 30.1. The van der Waals surface area contributed by atoms with E-state index in [-0.39, 0.29) is 5.92 Å². The molecular formula is C15H15NOS. The number of carbonyl (C=O) groups is 1. The lowest BCUT2D eigenvalue weighted by molar-refractivity contribution is 0.0903. The largest absolute Gasteiger partial charge is 0.310 e. The van der Waals surface area contributed by atoms with Crippen LogP contribution < -0.4 is 5.32 Å². The lowest BCUT2D eigenvalue weighted by Crippen LogP contribution is -2.28. The summed E-state index contributed by atoms with van der Waals surface area (Å²) in [5.74, 6) is 0.555. The maximum Gasteiger partial charge on any atom is 0.168 e. The molecule has 2 saturated heterocycles. The number of rotatable bonds is 2. The number of hydrogen-bond acceptors (Lipinski definition) is 3. The molecule has 4 rings (SSSR count). The number of nitrogens with one attached hydrogen (secondary N) is 1. The van der Waals surface area contributed by atoms with Crippen LogP contribution in [0.4, 0.5) is 0 Å². The molecule has 0 radical (unpaired) electrons. The van der Waals surface area contributed by atoms with Crippen molar-refractivity contribution in [3.05, 3.63) is 35.2 Å². The third kappa shape index (κ3) is 1.47. The van der Waals surface area contributed by atoms with Gasteiger partial charge in [-0.25, -0.2) is 0 Å². The maximum atomic E-state index is 12.7. The Labute approximate surface area is 110 Å². The van der Waals surface area contributed by atoms with Gasteiger partial charge < -0.3 is 5.32 Å². The van der Waals surface area contributed by atoms with Crippen molar-refractivity contribution < 1.29 is 4.79 Å².